The molecule has 1 aromatic heterocycles. The Morgan fingerprint density at radius 2 is 1.42 bits per heavy atom. The van der Waals surface area contributed by atoms with Gasteiger partial charge in [0.2, 0.25) is 0 Å². The van der Waals surface area contributed by atoms with Crippen LogP contribution in [0.5, 0.6) is 0 Å². The maximum absolute atomic E-state index is 8.19. The number of hydrogen-bond donors (Lipinski definition) is 2. The molecule has 0 radical (unpaired) electrons. The van der Waals surface area contributed by atoms with Gasteiger partial charge in [0, 0.05) is 45.0 Å². The molecule has 2 N–H and O–H groups in total. The van der Waals surface area contributed by atoms with E-state index in [4.69, 9.17) is 28.8 Å². The summed E-state index contributed by atoms with van der Waals surface area (Å²) in [5.74, 6) is 0.869. The molecule has 1 aliphatic rings. The average molecular weight is 553 g/mol. The summed E-state index contributed by atoms with van der Waals surface area (Å²) >= 11 is 1.06. The number of hydrogen-bond acceptors (Lipinski definition) is 6. The van der Waals surface area contributed by atoms with Crippen molar-refractivity contribution in [2.24, 2.45) is 4.99 Å². The number of imidazole rings is 1. The minimum absolute atomic E-state index is 0.319. The van der Waals surface area contributed by atoms with Crippen LogP contribution in [0.15, 0.2) is 83.9 Å². The fourth-order valence-corrected chi connectivity index (χ4v) is 3.78. The van der Waals surface area contributed by atoms with Crippen molar-refractivity contribution in [1.29, 1.82) is 0 Å². The first-order chi connectivity index (χ1) is 18.7. The monoisotopic (exact) mass is 552 g/mol. The first-order valence-electron chi connectivity index (χ1n) is 12.9. The van der Waals surface area contributed by atoms with Gasteiger partial charge in [0.15, 0.2) is 0 Å². The van der Waals surface area contributed by atoms with E-state index < -0.39 is 0 Å². The molecule has 4 aromatic rings. The van der Waals surface area contributed by atoms with Gasteiger partial charge in [-0.25, -0.2) is 0 Å². The summed E-state index contributed by atoms with van der Waals surface area (Å²) in [5, 5.41) is 15.8. The molecule has 3 aromatic carbocycles. The number of aliphatic hydroxyl groups excluding tert-OH is 2. The summed E-state index contributed by atoms with van der Waals surface area (Å²) in [6.07, 6.45) is 2.67. The third kappa shape index (κ3) is 10.4. The first-order valence-corrected chi connectivity index (χ1v) is 13.4. The molecule has 0 spiro atoms. The van der Waals surface area contributed by atoms with Crippen LogP contribution in [0.4, 0.5) is 5.69 Å². The second-order valence-corrected chi connectivity index (χ2v) is 8.69. The van der Waals surface area contributed by atoms with Gasteiger partial charge in [0.25, 0.3) is 0 Å². The molecule has 199 valence electrons. The van der Waals surface area contributed by atoms with Crippen LogP contribution in [0.2, 0.25) is 0 Å². The zero-order chi connectivity index (χ0) is 27.6. The molecule has 0 bridgehead atoms. The Bertz CT molecular complexity index is 1190. The van der Waals surface area contributed by atoms with Gasteiger partial charge in [-0.3, -0.25) is 9.89 Å². The molecule has 0 amide bonds. The summed E-state index contributed by atoms with van der Waals surface area (Å²) in [5.41, 5.74) is 6.83. The van der Waals surface area contributed by atoms with Gasteiger partial charge in [0.05, 0.1) is 5.69 Å². The van der Waals surface area contributed by atoms with Gasteiger partial charge in [-0.15, -0.1) is 0 Å². The van der Waals surface area contributed by atoms with Gasteiger partial charge in [-0.1, -0.05) is 92.5 Å². The Balaban J connectivity index is 0.000000443. The van der Waals surface area contributed by atoms with Gasteiger partial charge >= 0.3 is 21.0 Å². The van der Waals surface area contributed by atoms with Crippen LogP contribution in [0.3, 0.4) is 0 Å². The Morgan fingerprint density at radius 3 is 2.05 bits per heavy atom. The fraction of sp³-hybridized carbons (Fsp3) is 0.333. The summed E-state index contributed by atoms with van der Waals surface area (Å²) in [6.45, 7) is 6.87. The summed E-state index contributed by atoms with van der Waals surface area (Å²) < 4.78 is 8.19. The standard InChI is InChI=1S/C24H21N4.2C3H8O.O.V/c1-2-8-18(9-3-1)15-28(16-20-14-19-10-4-5-11-21(19)25-20)17-24-26-22-12-6-7-13-23(22)27-24;2*1-2-3-4;;/h1-13H,14-17H2;2*4H,2-3H2,1H3;;/q-1;;;;+2. The number of fused-ring (bicyclic) bond motifs is 2. The molecule has 0 aliphatic carbocycles. The van der Waals surface area contributed by atoms with E-state index in [0.29, 0.717) is 19.8 Å². The van der Waals surface area contributed by atoms with Crippen molar-refractivity contribution in [2.45, 2.75) is 46.2 Å². The zero-order valence-electron chi connectivity index (χ0n) is 22.2. The molecule has 0 fully saturated rings. The number of aliphatic hydroxyl groups is 2. The van der Waals surface area contributed by atoms with Crippen molar-refractivity contribution < 1.29 is 31.3 Å². The predicted octanol–water partition coefficient (Wildman–Crippen LogP) is 5.18. The van der Waals surface area contributed by atoms with Crippen LogP contribution < -0.4 is 4.98 Å². The second-order valence-electron chi connectivity index (χ2n) is 8.69. The van der Waals surface area contributed by atoms with E-state index in [1.54, 1.807) is 0 Å². The molecular formula is C30H37N4O3V+. The smallest absolute Gasteiger partial charge is 0.0665 e. The molecule has 2 heterocycles. The third-order valence-corrected chi connectivity index (χ3v) is 5.51. The fourth-order valence-electron chi connectivity index (χ4n) is 3.78. The predicted molar refractivity (Wildman–Crippen MR) is 148 cm³/mol. The Labute approximate surface area is 234 Å². The van der Waals surface area contributed by atoms with E-state index in [0.717, 1.165) is 72.3 Å². The van der Waals surface area contributed by atoms with E-state index in [9.17, 15) is 0 Å². The molecule has 0 saturated carbocycles. The average Bonchev–Trinajstić information content (AvgIpc) is 3.57. The van der Waals surface area contributed by atoms with Crippen LogP contribution in [0, 0.1) is 0 Å². The zero-order valence-corrected chi connectivity index (χ0v) is 23.6. The van der Waals surface area contributed by atoms with Crippen molar-refractivity contribution in [3.63, 3.8) is 0 Å². The minimum Gasteiger partial charge on any atom is -0.438 e. The van der Waals surface area contributed by atoms with E-state index in [1.165, 1.54) is 16.8 Å². The van der Waals surface area contributed by atoms with Gasteiger partial charge < -0.3 is 20.2 Å². The maximum Gasteiger partial charge on any atom is 0.0665 e. The van der Waals surface area contributed by atoms with Crippen molar-refractivity contribution in [3.8, 4) is 0 Å². The van der Waals surface area contributed by atoms with E-state index in [2.05, 4.69) is 59.5 Å². The normalized spacial score (nSPS) is 11.4. The van der Waals surface area contributed by atoms with Crippen LogP contribution in [0.25, 0.3) is 11.0 Å². The van der Waals surface area contributed by atoms with E-state index in [1.807, 2.05) is 38.1 Å². The molecule has 0 atom stereocenters. The van der Waals surface area contributed by atoms with Crippen LogP contribution >= 0.6 is 0 Å². The van der Waals surface area contributed by atoms with E-state index >= 15 is 0 Å². The molecule has 5 rings (SSSR count). The SMILES string of the molecule is CCCO.CCCO.[O]=[V+2].c1ccc(CN(CC2=Nc3ccccc3C2)Cc2nc3ccccc3[n-]2)cc1. The number of aromatic nitrogens is 2. The maximum atomic E-state index is 8.19. The Hall–Kier alpha value is -2.94. The summed E-state index contributed by atoms with van der Waals surface area (Å²) in [7, 11) is 0. The topological polar surface area (TPSA) is 100 Å². The molecule has 0 unspecified atom stereocenters. The van der Waals surface area contributed by atoms with Gasteiger partial charge in [-0.2, -0.15) is 0 Å². The number of benzene rings is 3. The van der Waals surface area contributed by atoms with Crippen LogP contribution in [-0.4, -0.2) is 45.6 Å². The van der Waals surface area contributed by atoms with Crippen molar-refractivity contribution in [2.75, 3.05) is 19.8 Å². The second kappa shape index (κ2) is 18.3. The van der Waals surface area contributed by atoms with E-state index in [-0.39, 0.29) is 0 Å². The molecule has 8 heteroatoms. The molecular weight excluding hydrogens is 515 g/mol. The van der Waals surface area contributed by atoms with Crippen LogP contribution in [0.1, 0.15) is 43.6 Å². The molecule has 7 nitrogen and oxygen atoms in total. The third-order valence-electron chi connectivity index (χ3n) is 5.51. The molecule has 1 aliphatic heterocycles. The number of aliphatic imine (C=N–C) groups is 1. The largest absolute Gasteiger partial charge is 0.438 e. The van der Waals surface area contributed by atoms with Gasteiger partial charge in [0.1, 0.15) is 0 Å². The first kappa shape index (κ1) is 31.3. The summed E-state index contributed by atoms with van der Waals surface area (Å²) in [4.78, 5) is 16.7. The van der Waals surface area contributed by atoms with Gasteiger partial charge in [-0.05, 0) is 41.1 Å². The quantitative estimate of drug-likeness (QED) is 0.313. The number of nitrogens with zero attached hydrogens (tertiary/aromatic N) is 4. The minimum atomic E-state index is 0.319. The Kier molecular flexibility index (Phi) is 15.1. The summed E-state index contributed by atoms with van der Waals surface area (Å²) in [6, 6.07) is 27.0. The number of para-hydroxylation sites is 3. The molecule has 38 heavy (non-hydrogen) atoms. The van der Waals surface area contributed by atoms with Crippen molar-refractivity contribution in [1.82, 2.24) is 14.9 Å². The number of rotatable bonds is 8. The van der Waals surface area contributed by atoms with Crippen LogP contribution in [-0.2, 0) is 40.6 Å². The van der Waals surface area contributed by atoms with Crippen molar-refractivity contribution in [3.05, 3.63) is 95.8 Å². The molecule has 0 saturated heterocycles. The van der Waals surface area contributed by atoms with Crippen molar-refractivity contribution >= 4 is 22.4 Å². The Morgan fingerprint density at radius 1 is 0.816 bits per heavy atom.